The van der Waals surface area contributed by atoms with E-state index < -0.39 is 4.92 Å². The van der Waals surface area contributed by atoms with Gasteiger partial charge in [-0.2, -0.15) is 12.6 Å². The molecule has 2 aromatic rings. The third-order valence-electron chi connectivity index (χ3n) is 6.97. The minimum Gasteiger partial charge on any atom is -0.339 e. The van der Waals surface area contributed by atoms with E-state index in [1.807, 2.05) is 17.0 Å². The molecule has 10 nitrogen and oxygen atoms in total. The van der Waals surface area contributed by atoms with Gasteiger partial charge in [-0.3, -0.25) is 34.8 Å². The summed E-state index contributed by atoms with van der Waals surface area (Å²) >= 11 is 4.63. The molecule has 2 aliphatic heterocycles. The second-order valence-corrected chi connectivity index (χ2v) is 10.2. The highest BCUT2D eigenvalue weighted by atomic mass is 32.1. The number of aryl methyl sites for hydroxylation is 1. The molecule has 2 aromatic carbocycles. The van der Waals surface area contributed by atoms with Crippen LogP contribution in [0.2, 0.25) is 0 Å². The molecule has 0 spiro atoms. The van der Waals surface area contributed by atoms with Crippen LogP contribution in [0.1, 0.15) is 24.0 Å². The second kappa shape index (κ2) is 11.8. The van der Waals surface area contributed by atoms with Crippen LogP contribution in [0.15, 0.2) is 48.5 Å². The van der Waals surface area contributed by atoms with Crippen molar-refractivity contribution in [1.29, 1.82) is 0 Å². The monoisotopic (exact) mass is 513 g/mol. The number of nitrogens with zero attached hydrogens (tertiary/aromatic N) is 5. The molecule has 192 valence electrons. The van der Waals surface area contributed by atoms with E-state index in [9.17, 15) is 25.0 Å². The molecule has 2 atom stereocenters. The van der Waals surface area contributed by atoms with E-state index in [4.69, 9.17) is 0 Å². The van der Waals surface area contributed by atoms with Gasteiger partial charge in [-0.1, -0.05) is 24.3 Å². The number of amides is 1. The van der Waals surface area contributed by atoms with Crippen molar-refractivity contribution < 1.29 is 14.6 Å². The smallest absolute Gasteiger partial charge is 0.269 e. The van der Waals surface area contributed by atoms with Gasteiger partial charge in [-0.05, 0) is 36.9 Å². The molecule has 0 aliphatic carbocycles. The van der Waals surface area contributed by atoms with Crippen molar-refractivity contribution in [2.24, 2.45) is 0 Å². The molecule has 2 aliphatic rings. The number of rotatable bonds is 9. The number of benzene rings is 2. The lowest BCUT2D eigenvalue weighted by Crippen LogP contribution is -2.53. The predicted molar refractivity (Wildman–Crippen MR) is 139 cm³/mol. The molecule has 36 heavy (non-hydrogen) atoms. The Morgan fingerprint density at radius 1 is 0.889 bits per heavy atom. The van der Waals surface area contributed by atoms with Crippen LogP contribution in [-0.4, -0.2) is 81.0 Å². The van der Waals surface area contributed by atoms with Gasteiger partial charge in [0.2, 0.25) is 5.91 Å². The maximum atomic E-state index is 13.4. The normalized spacial score (nSPS) is 21.0. The molecule has 11 heteroatoms. The average Bonchev–Trinajstić information content (AvgIpc) is 3.24. The van der Waals surface area contributed by atoms with Crippen molar-refractivity contribution in [3.05, 3.63) is 79.9 Å². The fraction of sp³-hybridized carbons (Fsp3) is 0.480. The van der Waals surface area contributed by atoms with Gasteiger partial charge >= 0.3 is 0 Å². The Bertz CT molecular complexity index is 1070. The first-order valence-electron chi connectivity index (χ1n) is 12.2. The van der Waals surface area contributed by atoms with Gasteiger partial charge in [-0.25, -0.2) is 0 Å². The lowest BCUT2D eigenvalue weighted by Gasteiger charge is -2.37. The molecule has 0 N–H and O–H groups in total. The van der Waals surface area contributed by atoms with Crippen LogP contribution in [0.3, 0.4) is 0 Å². The molecule has 0 saturated carbocycles. The molecule has 0 bridgehead atoms. The summed E-state index contributed by atoms with van der Waals surface area (Å²) in [4.78, 5) is 40.7. The van der Waals surface area contributed by atoms with E-state index in [1.165, 1.54) is 12.1 Å². The Labute approximate surface area is 215 Å². The molecule has 0 radical (unpaired) electrons. The summed E-state index contributed by atoms with van der Waals surface area (Å²) in [7, 11) is 0. The number of carbonyl (C=O) groups excluding carboxylic acids is 1. The third-order valence-corrected chi connectivity index (χ3v) is 7.34. The number of non-ortho nitro benzene ring substituents is 2. The van der Waals surface area contributed by atoms with Gasteiger partial charge in [-0.15, -0.1) is 0 Å². The summed E-state index contributed by atoms with van der Waals surface area (Å²) in [6, 6.07) is 13.0. The van der Waals surface area contributed by atoms with Crippen LogP contribution in [0.5, 0.6) is 0 Å². The predicted octanol–water partition coefficient (Wildman–Crippen LogP) is 3.15. The van der Waals surface area contributed by atoms with E-state index in [-0.39, 0.29) is 33.5 Å². The Morgan fingerprint density at radius 3 is 2.00 bits per heavy atom. The van der Waals surface area contributed by atoms with E-state index in [2.05, 4.69) is 22.4 Å². The number of nitro benzene ring substituents is 2. The summed E-state index contributed by atoms with van der Waals surface area (Å²) in [6.07, 6.45) is 2.52. The number of hydrogen-bond acceptors (Lipinski definition) is 8. The Kier molecular flexibility index (Phi) is 8.55. The quantitative estimate of drug-likeness (QED) is 0.311. The maximum absolute atomic E-state index is 13.4. The largest absolute Gasteiger partial charge is 0.339 e. The van der Waals surface area contributed by atoms with Crippen molar-refractivity contribution in [3.8, 4) is 0 Å². The molecule has 2 fully saturated rings. The highest BCUT2D eigenvalue weighted by molar-refractivity contribution is 7.81. The summed E-state index contributed by atoms with van der Waals surface area (Å²) in [5, 5.41) is 21.8. The fourth-order valence-corrected chi connectivity index (χ4v) is 5.37. The van der Waals surface area contributed by atoms with Crippen LogP contribution >= 0.6 is 12.6 Å². The first-order chi connectivity index (χ1) is 17.3. The zero-order chi connectivity index (χ0) is 25.7. The van der Waals surface area contributed by atoms with E-state index in [0.29, 0.717) is 32.6 Å². The summed E-state index contributed by atoms with van der Waals surface area (Å²) in [5.74, 6) is 0.138. The summed E-state index contributed by atoms with van der Waals surface area (Å²) in [6.45, 7) is 5.22. The van der Waals surface area contributed by atoms with Gasteiger partial charge in [0.1, 0.15) is 0 Å². The first-order valence-corrected chi connectivity index (χ1v) is 12.7. The molecular formula is C25H31N5O5S. The first kappa shape index (κ1) is 26.1. The Hall–Kier alpha value is -3.02. The molecule has 4 rings (SSSR count). The standard InChI is InChI=1S/C25H31N5O5S/c31-25(24-16-23(36)18-28(24)17-20-5-9-22(10-6-20)30(34)35)27-14-12-26(13-15-27)11-1-2-19-3-7-21(8-4-19)29(32)33/h3-10,23-24,36H,1-2,11-18H2/t23-,24-/m0/s1. The molecular weight excluding hydrogens is 482 g/mol. The molecule has 0 unspecified atom stereocenters. The zero-order valence-electron chi connectivity index (χ0n) is 20.1. The van der Waals surface area contributed by atoms with Gasteiger partial charge in [0, 0.05) is 68.8 Å². The van der Waals surface area contributed by atoms with Crippen LogP contribution in [-0.2, 0) is 17.8 Å². The minimum atomic E-state index is -0.412. The fourth-order valence-electron chi connectivity index (χ4n) is 4.96. The number of piperazine rings is 1. The lowest BCUT2D eigenvalue weighted by atomic mass is 10.1. The van der Waals surface area contributed by atoms with Crippen LogP contribution in [0.25, 0.3) is 0 Å². The molecule has 0 aromatic heterocycles. The third kappa shape index (κ3) is 6.59. The number of hydrogen-bond donors (Lipinski definition) is 1. The average molecular weight is 514 g/mol. The highest BCUT2D eigenvalue weighted by Gasteiger charge is 2.38. The SMILES string of the molecule is O=C([C@@H]1C[C@H](S)CN1Cc1ccc([N+](=O)[O-])cc1)N1CCN(CCCc2ccc([N+](=O)[O-])cc2)CC1. The van der Waals surface area contributed by atoms with E-state index >= 15 is 0 Å². The van der Waals surface area contributed by atoms with Crippen LogP contribution < -0.4 is 0 Å². The highest BCUT2D eigenvalue weighted by Crippen LogP contribution is 2.26. The van der Waals surface area contributed by atoms with E-state index in [1.54, 1.807) is 24.3 Å². The Morgan fingerprint density at radius 2 is 1.44 bits per heavy atom. The van der Waals surface area contributed by atoms with Crippen LogP contribution in [0.4, 0.5) is 11.4 Å². The minimum absolute atomic E-state index is 0.0606. The van der Waals surface area contributed by atoms with Gasteiger partial charge in [0.05, 0.1) is 15.9 Å². The van der Waals surface area contributed by atoms with Gasteiger partial charge in [0.15, 0.2) is 0 Å². The summed E-state index contributed by atoms with van der Waals surface area (Å²) < 4.78 is 0. The van der Waals surface area contributed by atoms with Gasteiger partial charge in [0.25, 0.3) is 11.4 Å². The Balaban J connectivity index is 1.24. The maximum Gasteiger partial charge on any atom is 0.269 e. The number of thiol groups is 1. The van der Waals surface area contributed by atoms with Crippen molar-refractivity contribution in [2.75, 3.05) is 39.3 Å². The van der Waals surface area contributed by atoms with Crippen molar-refractivity contribution >= 4 is 29.9 Å². The van der Waals surface area contributed by atoms with E-state index in [0.717, 1.165) is 43.6 Å². The lowest BCUT2D eigenvalue weighted by molar-refractivity contribution is -0.385. The second-order valence-electron chi connectivity index (χ2n) is 9.45. The zero-order valence-corrected chi connectivity index (χ0v) is 21.0. The number of carbonyl (C=O) groups is 1. The molecule has 1 amide bonds. The van der Waals surface area contributed by atoms with Crippen molar-refractivity contribution in [1.82, 2.24) is 14.7 Å². The van der Waals surface area contributed by atoms with Crippen LogP contribution in [0, 0.1) is 20.2 Å². The number of likely N-dealkylation sites (tertiary alicyclic amines) is 1. The van der Waals surface area contributed by atoms with Crippen molar-refractivity contribution in [2.45, 2.75) is 37.1 Å². The molecule has 2 saturated heterocycles. The van der Waals surface area contributed by atoms with Gasteiger partial charge < -0.3 is 4.90 Å². The topological polar surface area (TPSA) is 113 Å². The van der Waals surface area contributed by atoms with Crippen molar-refractivity contribution in [3.63, 3.8) is 0 Å². The number of nitro groups is 2. The molecule has 2 heterocycles. The summed E-state index contributed by atoms with van der Waals surface area (Å²) in [5.41, 5.74) is 2.20.